The van der Waals surface area contributed by atoms with Crippen molar-refractivity contribution in [2.75, 3.05) is 19.6 Å². The van der Waals surface area contributed by atoms with E-state index in [1.165, 1.54) is 12.1 Å². The monoisotopic (exact) mass is 541 g/mol. The van der Waals surface area contributed by atoms with Crippen LogP contribution in [0.5, 0.6) is 11.6 Å². The number of nitrogens with zero attached hydrogens (tertiary/aromatic N) is 3. The van der Waals surface area contributed by atoms with Crippen LogP contribution in [0.15, 0.2) is 47.6 Å². The summed E-state index contributed by atoms with van der Waals surface area (Å²) in [5.41, 5.74) is 0.994. The van der Waals surface area contributed by atoms with Gasteiger partial charge >= 0.3 is 0 Å². The number of aliphatic imine (C=N–C) groups is 1. The molecule has 0 amide bonds. The minimum absolute atomic E-state index is 0. The van der Waals surface area contributed by atoms with E-state index in [2.05, 4.69) is 41.3 Å². The Labute approximate surface area is 201 Å². The van der Waals surface area contributed by atoms with E-state index in [4.69, 9.17) is 9.73 Å². The van der Waals surface area contributed by atoms with Crippen LogP contribution in [0, 0.1) is 5.82 Å². The average Bonchev–Trinajstić information content (AvgIpc) is 2.75. The summed E-state index contributed by atoms with van der Waals surface area (Å²) in [6, 6.07) is 10.7. The number of benzene rings is 1. The number of aromatic nitrogens is 1. The zero-order valence-electron chi connectivity index (χ0n) is 18.5. The van der Waals surface area contributed by atoms with Crippen LogP contribution in [0.2, 0.25) is 0 Å². The van der Waals surface area contributed by atoms with Gasteiger partial charge < -0.3 is 20.3 Å². The van der Waals surface area contributed by atoms with E-state index in [-0.39, 0.29) is 29.8 Å². The van der Waals surface area contributed by atoms with E-state index in [9.17, 15) is 4.39 Å². The van der Waals surface area contributed by atoms with Gasteiger partial charge in [0.15, 0.2) is 5.96 Å². The van der Waals surface area contributed by atoms with Gasteiger partial charge in [-0.25, -0.2) is 14.4 Å². The van der Waals surface area contributed by atoms with Crippen LogP contribution >= 0.6 is 24.0 Å². The smallest absolute Gasteiger partial charge is 0.219 e. The largest absolute Gasteiger partial charge is 0.439 e. The number of hydrogen-bond donors (Lipinski definition) is 2. The van der Waals surface area contributed by atoms with Crippen molar-refractivity contribution in [2.24, 2.45) is 4.99 Å². The van der Waals surface area contributed by atoms with Crippen LogP contribution < -0.4 is 15.4 Å². The number of halogens is 2. The molecule has 0 saturated carbocycles. The minimum atomic E-state index is -0.293. The Balaban J connectivity index is 0.00000341. The maximum atomic E-state index is 13.0. The summed E-state index contributed by atoms with van der Waals surface area (Å²) in [7, 11) is 0. The molecule has 1 saturated heterocycles. The van der Waals surface area contributed by atoms with E-state index >= 15 is 0 Å². The molecule has 0 atom stereocenters. The first-order chi connectivity index (χ1) is 14.5. The highest BCUT2D eigenvalue weighted by molar-refractivity contribution is 14.0. The highest BCUT2D eigenvalue weighted by Gasteiger charge is 2.21. The predicted octanol–water partition coefficient (Wildman–Crippen LogP) is 4.56. The summed E-state index contributed by atoms with van der Waals surface area (Å²) in [6.45, 7) is 10.2. The Bertz CT molecular complexity index is 806. The summed E-state index contributed by atoms with van der Waals surface area (Å²) in [6.07, 6.45) is 4.01. The van der Waals surface area contributed by atoms with E-state index in [0.717, 1.165) is 44.0 Å². The second-order valence-electron chi connectivity index (χ2n) is 7.80. The summed E-state index contributed by atoms with van der Waals surface area (Å²) in [4.78, 5) is 11.6. The van der Waals surface area contributed by atoms with E-state index < -0.39 is 0 Å². The molecule has 0 aliphatic carbocycles. The van der Waals surface area contributed by atoms with Crippen molar-refractivity contribution in [1.29, 1.82) is 0 Å². The van der Waals surface area contributed by atoms with Crippen molar-refractivity contribution in [3.8, 4) is 11.6 Å². The molecule has 2 aromatic rings. The summed E-state index contributed by atoms with van der Waals surface area (Å²) in [5, 5.41) is 6.90. The summed E-state index contributed by atoms with van der Waals surface area (Å²) >= 11 is 0. The highest BCUT2D eigenvalue weighted by atomic mass is 127. The fourth-order valence-electron chi connectivity index (χ4n) is 3.43. The van der Waals surface area contributed by atoms with Crippen molar-refractivity contribution < 1.29 is 9.13 Å². The molecule has 2 N–H and O–H groups in total. The van der Waals surface area contributed by atoms with Crippen molar-refractivity contribution >= 4 is 29.9 Å². The average molecular weight is 541 g/mol. The van der Waals surface area contributed by atoms with E-state index in [0.29, 0.717) is 30.3 Å². The Morgan fingerprint density at radius 3 is 2.48 bits per heavy atom. The second kappa shape index (κ2) is 12.8. The first-order valence-corrected chi connectivity index (χ1v) is 10.7. The first kappa shape index (κ1) is 25.3. The lowest BCUT2D eigenvalue weighted by Gasteiger charge is -2.35. The van der Waals surface area contributed by atoms with Crippen LogP contribution in [-0.2, 0) is 6.54 Å². The van der Waals surface area contributed by atoms with E-state index in [1.54, 1.807) is 24.4 Å². The number of nitrogens with one attached hydrogen (secondary N) is 2. The van der Waals surface area contributed by atoms with Gasteiger partial charge in [0, 0.05) is 44.0 Å². The Kier molecular flexibility index (Phi) is 10.5. The fourth-order valence-corrected chi connectivity index (χ4v) is 3.43. The van der Waals surface area contributed by atoms with Crippen LogP contribution in [0.3, 0.4) is 0 Å². The minimum Gasteiger partial charge on any atom is -0.439 e. The molecule has 31 heavy (non-hydrogen) atoms. The van der Waals surface area contributed by atoms with Crippen LogP contribution in [0.25, 0.3) is 0 Å². The van der Waals surface area contributed by atoms with Gasteiger partial charge in [-0.05, 0) is 63.4 Å². The van der Waals surface area contributed by atoms with Crippen LogP contribution in [0.4, 0.5) is 4.39 Å². The molecule has 0 spiro atoms. The number of rotatable bonds is 7. The number of piperidine rings is 1. The number of pyridine rings is 1. The Hall–Kier alpha value is -1.94. The number of guanidine groups is 1. The molecular formula is C23H33FIN5O. The van der Waals surface area contributed by atoms with Gasteiger partial charge in [-0.2, -0.15) is 0 Å². The molecule has 1 aromatic carbocycles. The molecule has 8 heteroatoms. The molecule has 1 aliphatic rings. The van der Waals surface area contributed by atoms with Gasteiger partial charge in [0.1, 0.15) is 11.6 Å². The molecule has 170 valence electrons. The topological polar surface area (TPSA) is 61.8 Å². The van der Waals surface area contributed by atoms with Gasteiger partial charge in [-0.15, -0.1) is 24.0 Å². The van der Waals surface area contributed by atoms with Crippen molar-refractivity contribution in [3.05, 3.63) is 54.0 Å². The third-order valence-electron chi connectivity index (χ3n) is 5.20. The lowest BCUT2D eigenvalue weighted by atomic mass is 10.0. The Morgan fingerprint density at radius 2 is 1.90 bits per heavy atom. The van der Waals surface area contributed by atoms with Crippen molar-refractivity contribution in [2.45, 2.75) is 52.2 Å². The zero-order chi connectivity index (χ0) is 21.3. The number of likely N-dealkylation sites (tertiary alicyclic amines) is 1. The maximum Gasteiger partial charge on any atom is 0.219 e. The molecule has 0 unspecified atom stereocenters. The summed E-state index contributed by atoms with van der Waals surface area (Å²) in [5.74, 6) is 1.57. The van der Waals surface area contributed by atoms with Gasteiger partial charge in [-0.3, -0.25) is 0 Å². The molecule has 0 bridgehead atoms. The predicted molar refractivity (Wildman–Crippen MR) is 134 cm³/mol. The standard InChI is InChI=1S/C23H32FN5O.HI/c1-4-25-23(28-20-11-13-29(14-12-20)17(2)3)27-16-18-5-10-22(26-15-18)30-21-8-6-19(24)7-9-21;/h5-10,15,17,20H,4,11-14,16H2,1-3H3,(H2,25,27,28);1H. The third kappa shape index (κ3) is 8.25. The molecule has 1 fully saturated rings. The van der Waals surface area contributed by atoms with Gasteiger partial charge in [-0.1, -0.05) is 6.07 Å². The highest BCUT2D eigenvalue weighted by Crippen LogP contribution is 2.19. The molecule has 1 aromatic heterocycles. The van der Waals surface area contributed by atoms with Gasteiger partial charge in [0.2, 0.25) is 5.88 Å². The molecule has 2 heterocycles. The first-order valence-electron chi connectivity index (χ1n) is 10.7. The molecule has 0 radical (unpaired) electrons. The van der Waals surface area contributed by atoms with Crippen molar-refractivity contribution in [1.82, 2.24) is 20.5 Å². The maximum absolute atomic E-state index is 13.0. The van der Waals surface area contributed by atoms with E-state index in [1.807, 2.05) is 6.07 Å². The van der Waals surface area contributed by atoms with Gasteiger partial charge in [0.25, 0.3) is 0 Å². The van der Waals surface area contributed by atoms with Gasteiger partial charge in [0.05, 0.1) is 6.54 Å². The second-order valence-corrected chi connectivity index (χ2v) is 7.80. The lowest BCUT2D eigenvalue weighted by Crippen LogP contribution is -2.49. The SMILES string of the molecule is CCNC(=NCc1ccc(Oc2ccc(F)cc2)nc1)NC1CCN(C(C)C)CC1.I. The quantitative estimate of drug-likeness (QED) is 0.306. The van der Waals surface area contributed by atoms with Crippen LogP contribution in [-0.4, -0.2) is 47.6 Å². The lowest BCUT2D eigenvalue weighted by molar-refractivity contribution is 0.167. The number of hydrogen-bond acceptors (Lipinski definition) is 4. The zero-order valence-corrected chi connectivity index (χ0v) is 20.8. The van der Waals surface area contributed by atoms with Crippen molar-refractivity contribution in [3.63, 3.8) is 0 Å². The number of ether oxygens (including phenoxy) is 1. The van der Waals surface area contributed by atoms with Crippen LogP contribution in [0.1, 0.15) is 39.2 Å². The third-order valence-corrected chi connectivity index (χ3v) is 5.20. The summed E-state index contributed by atoms with van der Waals surface area (Å²) < 4.78 is 18.6. The molecule has 1 aliphatic heterocycles. The molecular weight excluding hydrogens is 508 g/mol. The normalized spacial score (nSPS) is 15.5. The molecule has 3 rings (SSSR count). The fraction of sp³-hybridized carbons (Fsp3) is 0.478. The molecule has 6 nitrogen and oxygen atoms in total. The Morgan fingerprint density at radius 1 is 1.19 bits per heavy atom.